The van der Waals surface area contributed by atoms with E-state index in [0.29, 0.717) is 5.92 Å². The second kappa shape index (κ2) is 5.25. The van der Waals surface area contributed by atoms with Gasteiger partial charge in [-0.1, -0.05) is 26.8 Å². The smallest absolute Gasteiger partial charge is 0.192 e. The van der Waals surface area contributed by atoms with Gasteiger partial charge in [-0.05, 0) is 43.3 Å². The lowest BCUT2D eigenvalue weighted by atomic mass is 10.0. The Hall–Kier alpha value is -0.123. The van der Waals surface area contributed by atoms with Crippen LogP contribution in [0, 0.1) is 5.92 Å². The number of rotatable bonds is 4. The zero-order valence-corrected chi connectivity index (χ0v) is 13.0. The highest BCUT2D eigenvalue weighted by Crippen LogP contribution is 2.40. The molecule has 100 valence electrons. The van der Waals surface area contributed by atoms with Crippen molar-refractivity contribution in [2.24, 2.45) is 5.92 Å². The molecule has 0 spiro atoms. The topological polar surface area (TPSA) is 29.5 Å². The summed E-state index contributed by atoms with van der Waals surface area (Å²) in [4.78, 5) is 0. The number of hydrogen-bond donors (Lipinski definition) is 1. The lowest BCUT2D eigenvalue weighted by Gasteiger charge is -2.38. The molecule has 0 bridgehead atoms. The molecule has 0 saturated heterocycles. The molecule has 1 unspecified atom stereocenters. The molecule has 1 N–H and O–H groups in total. The molecule has 0 aromatic carbocycles. The first-order valence-electron chi connectivity index (χ1n) is 6.64. The fourth-order valence-corrected chi connectivity index (χ4v) is 3.59. The second-order valence-corrected chi connectivity index (χ2v) is 11.6. The summed E-state index contributed by atoms with van der Waals surface area (Å²) >= 11 is 0. The first kappa shape index (κ1) is 14.9. The van der Waals surface area contributed by atoms with Gasteiger partial charge in [0.25, 0.3) is 0 Å². The van der Waals surface area contributed by atoms with Crippen molar-refractivity contribution in [3.63, 3.8) is 0 Å². The SMILES string of the molecule is C=CC[C@H]1CC(O[Si](C)(C)C(C)(C)C)C[C@@H]1O. The van der Waals surface area contributed by atoms with Gasteiger partial charge in [0.15, 0.2) is 8.32 Å². The molecule has 0 aromatic heterocycles. The van der Waals surface area contributed by atoms with E-state index in [1.165, 1.54) is 0 Å². The van der Waals surface area contributed by atoms with E-state index >= 15 is 0 Å². The highest BCUT2D eigenvalue weighted by molar-refractivity contribution is 6.74. The van der Waals surface area contributed by atoms with Crippen molar-refractivity contribution < 1.29 is 9.53 Å². The number of aliphatic hydroxyl groups excluding tert-OH is 1. The molecule has 0 aromatic rings. The Bertz CT molecular complexity index is 268. The Labute approximate surface area is 107 Å². The van der Waals surface area contributed by atoms with Crippen LogP contribution in [0.25, 0.3) is 0 Å². The van der Waals surface area contributed by atoms with Crippen molar-refractivity contribution in [2.45, 2.75) is 70.4 Å². The third-order valence-corrected chi connectivity index (χ3v) is 8.89. The fourth-order valence-electron chi connectivity index (χ4n) is 2.21. The first-order valence-corrected chi connectivity index (χ1v) is 9.55. The maximum atomic E-state index is 9.98. The lowest BCUT2D eigenvalue weighted by Crippen LogP contribution is -2.43. The Morgan fingerprint density at radius 2 is 1.94 bits per heavy atom. The van der Waals surface area contributed by atoms with Gasteiger partial charge < -0.3 is 9.53 Å². The molecule has 1 aliphatic rings. The predicted molar refractivity (Wildman–Crippen MR) is 75.6 cm³/mol. The molecule has 1 saturated carbocycles. The zero-order chi connectivity index (χ0) is 13.3. The summed E-state index contributed by atoms with van der Waals surface area (Å²) in [6.45, 7) is 15.1. The van der Waals surface area contributed by atoms with Crippen molar-refractivity contribution in [3.05, 3.63) is 12.7 Å². The molecular formula is C14H28O2Si. The highest BCUT2D eigenvalue weighted by atomic mass is 28.4. The van der Waals surface area contributed by atoms with Crippen LogP contribution >= 0.6 is 0 Å². The van der Waals surface area contributed by atoms with Crippen LogP contribution in [-0.4, -0.2) is 25.6 Å². The molecule has 0 radical (unpaired) electrons. The Balaban J connectivity index is 2.58. The normalized spacial score (nSPS) is 30.6. The molecule has 0 heterocycles. The van der Waals surface area contributed by atoms with Crippen molar-refractivity contribution >= 4 is 8.32 Å². The minimum atomic E-state index is -1.69. The van der Waals surface area contributed by atoms with Crippen molar-refractivity contribution in [2.75, 3.05) is 0 Å². The summed E-state index contributed by atoms with van der Waals surface area (Å²) in [6.07, 6.45) is 4.63. The van der Waals surface area contributed by atoms with Crippen LogP contribution in [0.5, 0.6) is 0 Å². The summed E-state index contributed by atoms with van der Waals surface area (Å²) in [5.41, 5.74) is 0. The molecule has 3 atom stereocenters. The van der Waals surface area contributed by atoms with Crippen LogP contribution in [0.1, 0.15) is 40.0 Å². The summed E-state index contributed by atoms with van der Waals surface area (Å²) in [7, 11) is -1.69. The molecular weight excluding hydrogens is 228 g/mol. The van der Waals surface area contributed by atoms with E-state index in [9.17, 15) is 5.11 Å². The van der Waals surface area contributed by atoms with Crippen LogP contribution in [0.3, 0.4) is 0 Å². The maximum Gasteiger partial charge on any atom is 0.192 e. The molecule has 0 amide bonds. The quantitative estimate of drug-likeness (QED) is 0.613. The average Bonchev–Trinajstić information content (AvgIpc) is 2.44. The first-order chi connectivity index (χ1) is 7.67. The van der Waals surface area contributed by atoms with Gasteiger partial charge in [0.05, 0.1) is 6.10 Å². The van der Waals surface area contributed by atoms with E-state index in [0.717, 1.165) is 19.3 Å². The monoisotopic (exact) mass is 256 g/mol. The summed E-state index contributed by atoms with van der Waals surface area (Å²) in [6, 6.07) is 0. The van der Waals surface area contributed by atoms with Gasteiger partial charge in [-0.3, -0.25) is 0 Å². The molecule has 1 aliphatic carbocycles. The lowest BCUT2D eigenvalue weighted by molar-refractivity contribution is 0.122. The van der Waals surface area contributed by atoms with Crippen LogP contribution < -0.4 is 0 Å². The number of hydrogen-bond acceptors (Lipinski definition) is 2. The third kappa shape index (κ3) is 3.67. The van der Waals surface area contributed by atoms with E-state index in [-0.39, 0.29) is 17.2 Å². The van der Waals surface area contributed by atoms with Gasteiger partial charge >= 0.3 is 0 Å². The van der Waals surface area contributed by atoms with Gasteiger partial charge in [-0.15, -0.1) is 6.58 Å². The van der Waals surface area contributed by atoms with Crippen molar-refractivity contribution in [3.8, 4) is 0 Å². The van der Waals surface area contributed by atoms with E-state index in [4.69, 9.17) is 4.43 Å². The minimum Gasteiger partial charge on any atom is -0.414 e. The average molecular weight is 256 g/mol. The van der Waals surface area contributed by atoms with Crippen molar-refractivity contribution in [1.29, 1.82) is 0 Å². The van der Waals surface area contributed by atoms with Crippen LogP contribution in [0.4, 0.5) is 0 Å². The Morgan fingerprint density at radius 3 is 2.41 bits per heavy atom. The van der Waals surface area contributed by atoms with Gasteiger partial charge in [0.2, 0.25) is 0 Å². The Morgan fingerprint density at radius 1 is 1.35 bits per heavy atom. The summed E-state index contributed by atoms with van der Waals surface area (Å²) in [5, 5.41) is 10.2. The standard InChI is InChI=1S/C14H28O2Si/c1-7-8-11-9-12(10-13(11)15)16-17(5,6)14(2,3)4/h7,11-13,15H,1,8-10H2,2-6H3/t11-,12?,13-/m0/s1. The number of allylic oxidation sites excluding steroid dienone is 1. The molecule has 1 rings (SSSR count). The largest absolute Gasteiger partial charge is 0.414 e. The molecule has 2 nitrogen and oxygen atoms in total. The predicted octanol–water partition coefficient (Wildman–Crippen LogP) is 3.72. The molecule has 0 aliphatic heterocycles. The van der Waals surface area contributed by atoms with E-state index in [2.05, 4.69) is 40.4 Å². The van der Waals surface area contributed by atoms with Gasteiger partial charge in [-0.2, -0.15) is 0 Å². The summed E-state index contributed by atoms with van der Waals surface area (Å²) in [5.74, 6) is 0.349. The van der Waals surface area contributed by atoms with Crippen LogP contribution in [0.15, 0.2) is 12.7 Å². The Kier molecular flexibility index (Phi) is 4.61. The minimum absolute atomic E-state index is 0.206. The maximum absolute atomic E-state index is 9.98. The molecule has 1 fully saturated rings. The second-order valence-electron chi connectivity index (χ2n) is 6.82. The highest BCUT2D eigenvalue weighted by Gasteiger charge is 2.42. The summed E-state index contributed by atoms with van der Waals surface area (Å²) < 4.78 is 6.35. The van der Waals surface area contributed by atoms with Gasteiger partial charge in [0.1, 0.15) is 0 Å². The van der Waals surface area contributed by atoms with E-state index in [1.807, 2.05) is 6.08 Å². The van der Waals surface area contributed by atoms with Crippen LogP contribution in [0.2, 0.25) is 18.1 Å². The molecule has 3 heteroatoms. The van der Waals surface area contributed by atoms with Crippen molar-refractivity contribution in [1.82, 2.24) is 0 Å². The van der Waals surface area contributed by atoms with Crippen LogP contribution in [-0.2, 0) is 4.43 Å². The fraction of sp³-hybridized carbons (Fsp3) is 0.857. The molecule has 17 heavy (non-hydrogen) atoms. The third-order valence-electron chi connectivity index (χ3n) is 4.35. The van der Waals surface area contributed by atoms with E-state index < -0.39 is 8.32 Å². The number of aliphatic hydroxyl groups is 1. The van der Waals surface area contributed by atoms with Gasteiger partial charge in [-0.25, -0.2) is 0 Å². The van der Waals surface area contributed by atoms with Gasteiger partial charge in [0, 0.05) is 6.10 Å². The zero-order valence-electron chi connectivity index (χ0n) is 12.0. The van der Waals surface area contributed by atoms with E-state index in [1.54, 1.807) is 0 Å².